The highest BCUT2D eigenvalue weighted by molar-refractivity contribution is 7.15. The van der Waals surface area contributed by atoms with E-state index in [0.717, 1.165) is 30.6 Å². The standard InChI is InChI=1S/C14H25N3OS/c1-10(2)13-12(7-15)19-14(16-13)17(3)8-11-5-4-6-18-9-11/h10-11H,4-9,15H2,1-3H3. The third-order valence-corrected chi connectivity index (χ3v) is 4.77. The molecule has 1 saturated heterocycles. The van der Waals surface area contributed by atoms with Crippen molar-refractivity contribution in [1.82, 2.24) is 4.98 Å². The minimum atomic E-state index is 0.440. The van der Waals surface area contributed by atoms with Gasteiger partial charge >= 0.3 is 0 Å². The Morgan fingerprint density at radius 1 is 1.53 bits per heavy atom. The second kappa shape index (κ2) is 6.68. The van der Waals surface area contributed by atoms with Crippen molar-refractivity contribution in [3.8, 4) is 0 Å². The average molecular weight is 283 g/mol. The molecule has 2 heterocycles. The smallest absolute Gasteiger partial charge is 0.185 e. The normalized spacial score (nSPS) is 19.9. The molecule has 1 aromatic rings. The van der Waals surface area contributed by atoms with E-state index in [2.05, 4.69) is 25.8 Å². The fraction of sp³-hybridized carbons (Fsp3) is 0.786. The lowest BCUT2D eigenvalue weighted by molar-refractivity contribution is 0.0576. The van der Waals surface area contributed by atoms with E-state index in [1.54, 1.807) is 11.3 Å². The Morgan fingerprint density at radius 3 is 2.84 bits per heavy atom. The minimum Gasteiger partial charge on any atom is -0.381 e. The second-order valence-electron chi connectivity index (χ2n) is 5.63. The number of nitrogens with zero attached hydrogens (tertiary/aromatic N) is 2. The van der Waals surface area contributed by atoms with Gasteiger partial charge in [0.1, 0.15) is 0 Å². The number of rotatable bonds is 5. The van der Waals surface area contributed by atoms with Crippen LogP contribution in [0.4, 0.5) is 5.13 Å². The van der Waals surface area contributed by atoms with Crippen LogP contribution in [0.25, 0.3) is 0 Å². The van der Waals surface area contributed by atoms with Gasteiger partial charge in [0.25, 0.3) is 0 Å². The molecule has 0 spiro atoms. The zero-order chi connectivity index (χ0) is 13.8. The maximum Gasteiger partial charge on any atom is 0.185 e. The van der Waals surface area contributed by atoms with Gasteiger partial charge in [0.15, 0.2) is 5.13 Å². The van der Waals surface area contributed by atoms with E-state index in [0.29, 0.717) is 18.4 Å². The molecule has 1 fully saturated rings. The summed E-state index contributed by atoms with van der Waals surface area (Å²) in [5.41, 5.74) is 6.98. The first-order valence-corrected chi connectivity index (χ1v) is 7.92. The molecule has 0 aromatic carbocycles. The molecule has 0 amide bonds. The summed E-state index contributed by atoms with van der Waals surface area (Å²) in [5, 5.41) is 1.09. The van der Waals surface area contributed by atoms with Crippen molar-refractivity contribution < 1.29 is 4.74 Å². The molecule has 1 unspecified atom stereocenters. The summed E-state index contributed by atoms with van der Waals surface area (Å²) >= 11 is 1.73. The molecule has 5 heteroatoms. The van der Waals surface area contributed by atoms with Crippen LogP contribution in [0, 0.1) is 5.92 Å². The predicted octanol–water partition coefficient (Wildman–Crippen LogP) is 2.59. The van der Waals surface area contributed by atoms with Crippen LogP contribution in [0.15, 0.2) is 0 Å². The third-order valence-electron chi connectivity index (χ3n) is 3.56. The van der Waals surface area contributed by atoms with E-state index >= 15 is 0 Å². The molecular formula is C14H25N3OS. The average Bonchev–Trinajstić information content (AvgIpc) is 2.84. The van der Waals surface area contributed by atoms with Crippen LogP contribution in [0.2, 0.25) is 0 Å². The van der Waals surface area contributed by atoms with Gasteiger partial charge in [-0.2, -0.15) is 0 Å². The third kappa shape index (κ3) is 3.68. The van der Waals surface area contributed by atoms with E-state index in [9.17, 15) is 0 Å². The van der Waals surface area contributed by atoms with E-state index in [1.807, 2.05) is 0 Å². The quantitative estimate of drug-likeness (QED) is 0.902. The first-order valence-electron chi connectivity index (χ1n) is 7.10. The van der Waals surface area contributed by atoms with Gasteiger partial charge in [-0.15, -0.1) is 11.3 Å². The van der Waals surface area contributed by atoms with E-state index in [4.69, 9.17) is 15.5 Å². The zero-order valence-electron chi connectivity index (χ0n) is 12.2. The number of hydrogen-bond acceptors (Lipinski definition) is 5. The number of ether oxygens (including phenoxy) is 1. The Morgan fingerprint density at radius 2 is 2.32 bits per heavy atom. The molecule has 1 aliphatic heterocycles. The van der Waals surface area contributed by atoms with Crippen LogP contribution in [0.3, 0.4) is 0 Å². The molecule has 108 valence electrons. The van der Waals surface area contributed by atoms with Crippen molar-refractivity contribution in [2.24, 2.45) is 11.7 Å². The van der Waals surface area contributed by atoms with Gasteiger partial charge in [-0.05, 0) is 24.7 Å². The molecule has 2 N–H and O–H groups in total. The maximum atomic E-state index is 5.82. The Hall–Kier alpha value is -0.650. The molecule has 2 rings (SSSR count). The van der Waals surface area contributed by atoms with Crippen molar-refractivity contribution >= 4 is 16.5 Å². The number of aromatic nitrogens is 1. The molecule has 1 aromatic heterocycles. The van der Waals surface area contributed by atoms with Gasteiger partial charge in [-0.25, -0.2) is 4.98 Å². The molecule has 1 atom stereocenters. The summed E-state index contributed by atoms with van der Waals surface area (Å²) in [7, 11) is 2.12. The minimum absolute atomic E-state index is 0.440. The Labute approximate surface area is 120 Å². The van der Waals surface area contributed by atoms with E-state index < -0.39 is 0 Å². The van der Waals surface area contributed by atoms with Crippen LogP contribution >= 0.6 is 11.3 Å². The largest absolute Gasteiger partial charge is 0.381 e. The lowest BCUT2D eigenvalue weighted by Gasteiger charge is -2.26. The monoisotopic (exact) mass is 283 g/mol. The highest BCUT2D eigenvalue weighted by Gasteiger charge is 2.20. The van der Waals surface area contributed by atoms with Crippen molar-refractivity contribution in [3.05, 3.63) is 10.6 Å². The second-order valence-corrected chi connectivity index (χ2v) is 6.69. The lowest BCUT2D eigenvalue weighted by Crippen LogP contribution is -2.30. The van der Waals surface area contributed by atoms with Gasteiger partial charge < -0.3 is 15.4 Å². The highest BCUT2D eigenvalue weighted by atomic mass is 32.1. The van der Waals surface area contributed by atoms with Crippen molar-refractivity contribution in [2.75, 3.05) is 31.7 Å². The molecule has 0 aliphatic carbocycles. The summed E-state index contributed by atoms with van der Waals surface area (Å²) in [6, 6.07) is 0. The molecule has 0 bridgehead atoms. The summed E-state index contributed by atoms with van der Waals surface area (Å²) in [6.45, 7) is 7.77. The van der Waals surface area contributed by atoms with Gasteiger partial charge in [0, 0.05) is 31.6 Å². The number of nitrogens with two attached hydrogens (primary N) is 1. The molecule has 0 saturated carbocycles. The van der Waals surface area contributed by atoms with Crippen LogP contribution in [-0.4, -0.2) is 31.8 Å². The highest BCUT2D eigenvalue weighted by Crippen LogP contribution is 2.30. The Kier molecular flexibility index (Phi) is 5.19. The first kappa shape index (κ1) is 14.8. The fourth-order valence-electron chi connectivity index (χ4n) is 2.53. The van der Waals surface area contributed by atoms with Crippen LogP contribution in [0.1, 0.15) is 43.2 Å². The van der Waals surface area contributed by atoms with Crippen molar-refractivity contribution in [2.45, 2.75) is 39.2 Å². The topological polar surface area (TPSA) is 51.4 Å². The fourth-order valence-corrected chi connectivity index (χ4v) is 3.59. The van der Waals surface area contributed by atoms with Crippen LogP contribution in [-0.2, 0) is 11.3 Å². The van der Waals surface area contributed by atoms with Crippen molar-refractivity contribution in [3.63, 3.8) is 0 Å². The molecule has 0 radical (unpaired) electrons. The predicted molar refractivity (Wildman–Crippen MR) is 80.9 cm³/mol. The summed E-state index contributed by atoms with van der Waals surface area (Å²) in [6.07, 6.45) is 2.44. The van der Waals surface area contributed by atoms with Crippen LogP contribution < -0.4 is 10.6 Å². The molecule has 4 nitrogen and oxygen atoms in total. The van der Waals surface area contributed by atoms with Gasteiger partial charge in [-0.3, -0.25) is 0 Å². The molecule has 1 aliphatic rings. The summed E-state index contributed by atoms with van der Waals surface area (Å²) in [5.74, 6) is 1.07. The summed E-state index contributed by atoms with van der Waals surface area (Å²) < 4.78 is 5.54. The SMILES string of the molecule is CC(C)c1nc(N(C)CC2CCCOC2)sc1CN. The van der Waals surface area contributed by atoms with Gasteiger partial charge in [-0.1, -0.05) is 13.8 Å². The zero-order valence-corrected chi connectivity index (χ0v) is 13.0. The van der Waals surface area contributed by atoms with E-state index in [-0.39, 0.29) is 0 Å². The Bertz CT molecular complexity index is 399. The summed E-state index contributed by atoms with van der Waals surface area (Å²) in [4.78, 5) is 8.25. The first-order chi connectivity index (χ1) is 9.11. The van der Waals surface area contributed by atoms with Gasteiger partial charge in [0.05, 0.1) is 12.3 Å². The maximum absolute atomic E-state index is 5.82. The number of hydrogen-bond donors (Lipinski definition) is 1. The molecule has 19 heavy (non-hydrogen) atoms. The number of anilines is 1. The van der Waals surface area contributed by atoms with Crippen molar-refractivity contribution in [1.29, 1.82) is 0 Å². The van der Waals surface area contributed by atoms with Crippen LogP contribution in [0.5, 0.6) is 0 Å². The van der Waals surface area contributed by atoms with Gasteiger partial charge in [0.2, 0.25) is 0 Å². The Balaban J connectivity index is 2.03. The number of thiazole rings is 1. The molecular weight excluding hydrogens is 258 g/mol. The lowest BCUT2D eigenvalue weighted by atomic mass is 10.0. The van der Waals surface area contributed by atoms with E-state index in [1.165, 1.54) is 17.7 Å².